The van der Waals surface area contributed by atoms with Crippen molar-refractivity contribution >= 4 is 22.4 Å². The number of hydrogen-bond acceptors (Lipinski definition) is 3. The molecule has 0 spiro atoms. The van der Waals surface area contributed by atoms with Crippen LogP contribution in [0.1, 0.15) is 5.56 Å². The highest BCUT2D eigenvalue weighted by molar-refractivity contribution is 9.10. The molecule has 0 aliphatic carbocycles. The second-order valence-corrected chi connectivity index (χ2v) is 2.73. The van der Waals surface area contributed by atoms with Crippen LogP contribution in [-0.2, 0) is 16.1 Å². The van der Waals surface area contributed by atoms with Gasteiger partial charge < -0.3 is 4.74 Å². The molecule has 0 saturated carbocycles. The van der Waals surface area contributed by atoms with E-state index in [2.05, 4.69) is 25.7 Å². The number of carbonyl (C=O) groups is 1. The number of aromatic nitrogens is 1. The van der Waals surface area contributed by atoms with Crippen LogP contribution in [-0.4, -0.2) is 11.5 Å². The van der Waals surface area contributed by atoms with E-state index in [0.29, 0.717) is 6.47 Å². The van der Waals surface area contributed by atoms with Gasteiger partial charge in [-0.1, -0.05) is 0 Å². The minimum absolute atomic E-state index is 0.284. The predicted molar refractivity (Wildman–Crippen MR) is 42.8 cm³/mol. The third-order valence-corrected chi connectivity index (χ3v) is 1.88. The molecule has 0 atom stereocenters. The number of rotatable bonds is 3. The number of carbonyl (C=O) groups excluding carboxylic acids is 1. The molecule has 4 heteroatoms. The fourth-order valence-electron chi connectivity index (χ4n) is 0.645. The van der Waals surface area contributed by atoms with Gasteiger partial charge in [-0.2, -0.15) is 0 Å². The first kappa shape index (κ1) is 8.20. The summed E-state index contributed by atoms with van der Waals surface area (Å²) in [5.74, 6) is 0. The van der Waals surface area contributed by atoms with E-state index < -0.39 is 0 Å². The zero-order chi connectivity index (χ0) is 8.10. The van der Waals surface area contributed by atoms with Crippen molar-refractivity contribution in [3.8, 4) is 0 Å². The zero-order valence-corrected chi connectivity index (χ0v) is 7.24. The lowest BCUT2D eigenvalue weighted by atomic mass is 10.3. The van der Waals surface area contributed by atoms with E-state index in [0.717, 1.165) is 10.0 Å². The second kappa shape index (κ2) is 4.08. The highest BCUT2D eigenvalue weighted by Crippen LogP contribution is 2.14. The summed E-state index contributed by atoms with van der Waals surface area (Å²) in [4.78, 5) is 13.7. The molecule has 58 valence electrons. The highest BCUT2D eigenvalue weighted by atomic mass is 79.9. The smallest absolute Gasteiger partial charge is 0.293 e. The van der Waals surface area contributed by atoms with Gasteiger partial charge in [-0.25, -0.2) is 0 Å². The quantitative estimate of drug-likeness (QED) is 0.719. The van der Waals surface area contributed by atoms with Gasteiger partial charge in [0.2, 0.25) is 0 Å². The average molecular weight is 216 g/mol. The van der Waals surface area contributed by atoms with Gasteiger partial charge in [0.25, 0.3) is 6.47 Å². The maximum atomic E-state index is 9.84. The first-order valence-corrected chi connectivity index (χ1v) is 3.77. The lowest BCUT2D eigenvalue weighted by molar-refractivity contribution is -0.129. The van der Waals surface area contributed by atoms with Gasteiger partial charge >= 0.3 is 0 Å². The first-order chi connectivity index (χ1) is 5.34. The molecule has 0 unspecified atom stereocenters. The van der Waals surface area contributed by atoms with Crippen LogP contribution in [0.5, 0.6) is 0 Å². The highest BCUT2D eigenvalue weighted by Gasteiger charge is 1.97. The predicted octanol–water partition coefficient (Wildman–Crippen LogP) is 1.52. The fraction of sp³-hybridized carbons (Fsp3) is 0.143. The summed E-state index contributed by atoms with van der Waals surface area (Å²) in [6.45, 7) is 0.708. The molecule has 1 heterocycles. The maximum absolute atomic E-state index is 9.84. The van der Waals surface area contributed by atoms with E-state index in [4.69, 9.17) is 0 Å². The van der Waals surface area contributed by atoms with Gasteiger partial charge in [0.15, 0.2) is 0 Å². The molecule has 3 nitrogen and oxygen atoms in total. The molecule has 0 aliphatic rings. The van der Waals surface area contributed by atoms with Gasteiger partial charge in [-0.15, -0.1) is 0 Å². The molecule has 0 bridgehead atoms. The van der Waals surface area contributed by atoms with Crippen molar-refractivity contribution in [1.29, 1.82) is 0 Å². The van der Waals surface area contributed by atoms with Crippen LogP contribution < -0.4 is 0 Å². The van der Waals surface area contributed by atoms with Crippen LogP contribution in [0.15, 0.2) is 22.9 Å². The standard InChI is InChI=1S/C7H6BrNO2/c8-7-3-9-2-1-6(7)4-11-5-10/h1-3,5H,4H2. The number of pyridine rings is 1. The largest absolute Gasteiger partial charge is 0.463 e. The Hall–Kier alpha value is -0.900. The van der Waals surface area contributed by atoms with Crippen molar-refractivity contribution in [3.05, 3.63) is 28.5 Å². The molecular weight excluding hydrogens is 210 g/mol. The molecule has 0 fully saturated rings. The lowest BCUT2D eigenvalue weighted by Gasteiger charge is -1.99. The van der Waals surface area contributed by atoms with E-state index in [1.165, 1.54) is 0 Å². The Morgan fingerprint density at radius 3 is 3.18 bits per heavy atom. The van der Waals surface area contributed by atoms with Crippen LogP contribution >= 0.6 is 15.9 Å². The topological polar surface area (TPSA) is 39.2 Å². The Balaban J connectivity index is 2.69. The molecule has 11 heavy (non-hydrogen) atoms. The van der Waals surface area contributed by atoms with Crippen LogP contribution in [0.4, 0.5) is 0 Å². The van der Waals surface area contributed by atoms with E-state index >= 15 is 0 Å². The van der Waals surface area contributed by atoms with Crippen molar-refractivity contribution < 1.29 is 9.53 Å². The summed E-state index contributed by atoms with van der Waals surface area (Å²) in [6, 6.07) is 1.79. The third-order valence-electron chi connectivity index (χ3n) is 1.16. The Morgan fingerprint density at radius 1 is 1.73 bits per heavy atom. The monoisotopic (exact) mass is 215 g/mol. The Kier molecular flexibility index (Phi) is 3.04. The van der Waals surface area contributed by atoms with E-state index in [-0.39, 0.29) is 6.61 Å². The zero-order valence-electron chi connectivity index (χ0n) is 5.66. The van der Waals surface area contributed by atoms with Crippen molar-refractivity contribution in [3.63, 3.8) is 0 Å². The van der Waals surface area contributed by atoms with Crippen LogP contribution in [0.25, 0.3) is 0 Å². The van der Waals surface area contributed by atoms with Gasteiger partial charge in [-0.3, -0.25) is 9.78 Å². The van der Waals surface area contributed by atoms with Crippen LogP contribution in [0.3, 0.4) is 0 Å². The lowest BCUT2D eigenvalue weighted by Crippen LogP contribution is -1.91. The number of ether oxygens (including phenoxy) is 1. The van der Waals surface area contributed by atoms with Crippen molar-refractivity contribution in [2.24, 2.45) is 0 Å². The molecule has 0 aromatic carbocycles. The number of hydrogen-bond donors (Lipinski definition) is 0. The van der Waals surface area contributed by atoms with Crippen LogP contribution in [0.2, 0.25) is 0 Å². The molecular formula is C7H6BrNO2. The van der Waals surface area contributed by atoms with Crippen LogP contribution in [0, 0.1) is 0 Å². The summed E-state index contributed by atoms with van der Waals surface area (Å²) in [5, 5.41) is 0. The van der Waals surface area contributed by atoms with E-state index in [9.17, 15) is 4.79 Å². The maximum Gasteiger partial charge on any atom is 0.293 e. The Labute approximate surface area is 72.5 Å². The Bertz CT molecular complexity index is 252. The van der Waals surface area contributed by atoms with Gasteiger partial charge in [0.05, 0.1) is 0 Å². The molecule has 0 aliphatic heterocycles. The van der Waals surface area contributed by atoms with Gasteiger partial charge in [0, 0.05) is 22.4 Å². The summed E-state index contributed by atoms with van der Waals surface area (Å²) in [5.41, 5.74) is 0.909. The Morgan fingerprint density at radius 2 is 2.55 bits per heavy atom. The number of nitrogens with zero attached hydrogens (tertiary/aromatic N) is 1. The molecule has 0 radical (unpaired) electrons. The van der Waals surface area contributed by atoms with Crippen molar-refractivity contribution in [2.75, 3.05) is 0 Å². The first-order valence-electron chi connectivity index (χ1n) is 2.98. The summed E-state index contributed by atoms with van der Waals surface area (Å²) in [7, 11) is 0. The normalized spacial score (nSPS) is 9.18. The molecule has 1 aromatic rings. The minimum atomic E-state index is 0.284. The summed E-state index contributed by atoms with van der Waals surface area (Å²) in [6.07, 6.45) is 3.30. The average Bonchev–Trinajstić information content (AvgIpc) is 2.03. The molecule has 1 aromatic heterocycles. The van der Waals surface area contributed by atoms with Gasteiger partial charge in [-0.05, 0) is 22.0 Å². The van der Waals surface area contributed by atoms with Crippen molar-refractivity contribution in [1.82, 2.24) is 4.98 Å². The summed E-state index contributed by atoms with van der Waals surface area (Å²) >= 11 is 3.27. The molecule has 0 saturated heterocycles. The van der Waals surface area contributed by atoms with Crippen molar-refractivity contribution in [2.45, 2.75) is 6.61 Å². The van der Waals surface area contributed by atoms with E-state index in [1.54, 1.807) is 18.5 Å². The molecule has 0 N–H and O–H groups in total. The second-order valence-electron chi connectivity index (χ2n) is 1.87. The van der Waals surface area contributed by atoms with E-state index in [1.807, 2.05) is 0 Å². The SMILES string of the molecule is O=COCc1ccncc1Br. The minimum Gasteiger partial charge on any atom is -0.463 e. The number of halogens is 1. The summed E-state index contributed by atoms with van der Waals surface area (Å²) < 4.78 is 5.41. The molecule has 1 rings (SSSR count). The third kappa shape index (κ3) is 2.31. The fourth-order valence-corrected chi connectivity index (χ4v) is 1.01. The molecule has 0 amide bonds. The van der Waals surface area contributed by atoms with Gasteiger partial charge in [0.1, 0.15) is 6.61 Å².